The first-order chi connectivity index (χ1) is 7.85. The highest BCUT2D eigenvalue weighted by Gasteiger charge is 2.01. The van der Waals surface area contributed by atoms with Crippen LogP contribution in [-0.4, -0.2) is 11.6 Å². The summed E-state index contributed by atoms with van der Waals surface area (Å²) in [6, 6.07) is 6.43. The summed E-state index contributed by atoms with van der Waals surface area (Å²) < 4.78 is 0. The third-order valence-corrected chi connectivity index (χ3v) is 2.80. The molecule has 0 amide bonds. The topological polar surface area (TPSA) is 48.1 Å². The van der Waals surface area contributed by atoms with Gasteiger partial charge in [0.05, 0.1) is 6.61 Å². The molecule has 2 N–H and O–H groups in total. The summed E-state index contributed by atoms with van der Waals surface area (Å²) in [5, 5.41) is 2.48. The van der Waals surface area contributed by atoms with Crippen LogP contribution in [0.4, 0.5) is 0 Å². The molecule has 0 aliphatic carbocycles. The number of aromatic nitrogens is 1. The fraction of sp³-hybridized carbons (Fsp3) is 0.308. The van der Waals surface area contributed by atoms with Gasteiger partial charge in [-0.05, 0) is 35.4 Å². The molecule has 1 heterocycles. The maximum Gasteiger partial charge on any atom is 0.0719 e. The Bertz CT molecular complexity index is 482. The largest absolute Gasteiger partial charge is 0.304 e. The minimum atomic E-state index is 0.548. The van der Waals surface area contributed by atoms with Crippen molar-refractivity contribution >= 4 is 10.8 Å². The van der Waals surface area contributed by atoms with E-state index in [-0.39, 0.29) is 0 Å². The van der Waals surface area contributed by atoms with Gasteiger partial charge in [0, 0.05) is 17.8 Å². The number of aryl methyl sites for hydroxylation is 1. The van der Waals surface area contributed by atoms with Crippen molar-refractivity contribution in [2.24, 2.45) is 5.90 Å². The molecule has 0 bridgehead atoms. The summed E-state index contributed by atoms with van der Waals surface area (Å²) in [4.78, 5) is 8.84. The molecule has 2 rings (SSSR count). The molecule has 2 aromatic rings. The highest BCUT2D eigenvalue weighted by Crippen LogP contribution is 2.19. The van der Waals surface area contributed by atoms with Crippen molar-refractivity contribution in [3.8, 4) is 0 Å². The van der Waals surface area contributed by atoms with Crippen molar-refractivity contribution in [2.45, 2.75) is 19.8 Å². The van der Waals surface area contributed by atoms with Crippen LogP contribution in [0.2, 0.25) is 0 Å². The zero-order valence-corrected chi connectivity index (χ0v) is 9.44. The van der Waals surface area contributed by atoms with Gasteiger partial charge in [0.2, 0.25) is 0 Å². The fourth-order valence-electron chi connectivity index (χ4n) is 1.90. The van der Waals surface area contributed by atoms with E-state index >= 15 is 0 Å². The molecule has 0 saturated heterocycles. The minimum absolute atomic E-state index is 0.548. The molecule has 3 heteroatoms. The normalized spacial score (nSPS) is 10.9. The molecular weight excluding hydrogens is 200 g/mol. The van der Waals surface area contributed by atoms with Gasteiger partial charge in [0.15, 0.2) is 0 Å². The summed E-state index contributed by atoms with van der Waals surface area (Å²) in [7, 11) is 0. The Balaban J connectivity index is 2.39. The van der Waals surface area contributed by atoms with Crippen LogP contribution in [0.5, 0.6) is 0 Å². The van der Waals surface area contributed by atoms with Gasteiger partial charge in [0.25, 0.3) is 0 Å². The van der Waals surface area contributed by atoms with Crippen LogP contribution >= 0.6 is 0 Å². The van der Waals surface area contributed by atoms with Gasteiger partial charge in [-0.2, -0.15) is 0 Å². The zero-order valence-electron chi connectivity index (χ0n) is 9.44. The van der Waals surface area contributed by atoms with Crippen molar-refractivity contribution in [3.05, 3.63) is 41.7 Å². The predicted molar refractivity (Wildman–Crippen MR) is 65.0 cm³/mol. The second kappa shape index (κ2) is 5.05. The lowest BCUT2D eigenvalue weighted by Gasteiger charge is -2.06. The van der Waals surface area contributed by atoms with Crippen molar-refractivity contribution in [1.29, 1.82) is 0 Å². The lowest BCUT2D eigenvalue weighted by molar-refractivity contribution is 0.141. The summed E-state index contributed by atoms with van der Waals surface area (Å²) in [5.74, 6) is 5.02. The zero-order chi connectivity index (χ0) is 11.4. The van der Waals surface area contributed by atoms with Gasteiger partial charge in [-0.1, -0.05) is 19.1 Å². The Hall–Kier alpha value is -1.45. The van der Waals surface area contributed by atoms with Crippen LogP contribution in [0.1, 0.15) is 18.1 Å². The molecule has 0 saturated carbocycles. The van der Waals surface area contributed by atoms with E-state index in [4.69, 9.17) is 5.90 Å². The number of benzene rings is 1. The second-order valence-electron chi connectivity index (χ2n) is 3.83. The number of pyridine rings is 1. The molecule has 0 radical (unpaired) electrons. The molecule has 1 aromatic heterocycles. The minimum Gasteiger partial charge on any atom is -0.304 e. The van der Waals surface area contributed by atoms with E-state index in [1.54, 1.807) is 0 Å². The van der Waals surface area contributed by atoms with E-state index in [9.17, 15) is 0 Å². The lowest BCUT2D eigenvalue weighted by Crippen LogP contribution is -2.03. The van der Waals surface area contributed by atoms with Gasteiger partial charge in [-0.15, -0.1) is 0 Å². The lowest BCUT2D eigenvalue weighted by atomic mass is 10.0. The number of hydrogen-bond donors (Lipinski definition) is 1. The standard InChI is InChI=1S/C13H16N2O/c1-2-11-8-15-9-12-7-10(5-6-16-14)3-4-13(11)12/h3-4,7-9H,2,5-6,14H2,1H3. The highest BCUT2D eigenvalue weighted by molar-refractivity contribution is 5.85. The maximum absolute atomic E-state index is 5.02. The summed E-state index contributed by atoms with van der Waals surface area (Å²) in [6.45, 7) is 2.69. The number of hydrogen-bond acceptors (Lipinski definition) is 3. The molecule has 3 nitrogen and oxygen atoms in total. The molecular formula is C13H16N2O. The van der Waals surface area contributed by atoms with E-state index in [2.05, 4.69) is 34.9 Å². The van der Waals surface area contributed by atoms with Crippen molar-refractivity contribution in [2.75, 3.05) is 6.61 Å². The van der Waals surface area contributed by atoms with E-state index < -0.39 is 0 Å². The van der Waals surface area contributed by atoms with Gasteiger partial charge >= 0.3 is 0 Å². The molecule has 0 aliphatic heterocycles. The monoisotopic (exact) mass is 216 g/mol. The van der Waals surface area contributed by atoms with Crippen molar-refractivity contribution in [1.82, 2.24) is 4.98 Å². The van der Waals surface area contributed by atoms with E-state index in [0.29, 0.717) is 6.61 Å². The van der Waals surface area contributed by atoms with Gasteiger partial charge in [-0.3, -0.25) is 4.98 Å². The molecule has 1 aromatic carbocycles. The molecule has 0 aliphatic rings. The van der Waals surface area contributed by atoms with Crippen LogP contribution < -0.4 is 5.90 Å². The van der Waals surface area contributed by atoms with Crippen LogP contribution in [0.25, 0.3) is 10.8 Å². The van der Waals surface area contributed by atoms with E-state index in [1.807, 2.05) is 12.4 Å². The summed E-state index contributed by atoms with van der Waals surface area (Å²) in [5.41, 5.74) is 2.52. The third kappa shape index (κ3) is 2.21. The van der Waals surface area contributed by atoms with Gasteiger partial charge < -0.3 is 4.84 Å². The smallest absolute Gasteiger partial charge is 0.0719 e. The first kappa shape index (κ1) is 11.0. The molecule has 0 fully saturated rings. The number of rotatable bonds is 4. The third-order valence-electron chi connectivity index (χ3n) is 2.80. The van der Waals surface area contributed by atoms with Crippen LogP contribution in [0.15, 0.2) is 30.6 Å². The molecule has 16 heavy (non-hydrogen) atoms. The number of nitrogens with two attached hydrogens (primary N) is 1. The van der Waals surface area contributed by atoms with Crippen LogP contribution in [0, 0.1) is 0 Å². The Morgan fingerprint density at radius 1 is 1.31 bits per heavy atom. The molecule has 0 atom stereocenters. The quantitative estimate of drug-likeness (QED) is 0.797. The van der Waals surface area contributed by atoms with Crippen molar-refractivity contribution < 1.29 is 4.84 Å². The molecule has 84 valence electrons. The number of nitrogens with zero attached hydrogens (tertiary/aromatic N) is 1. The van der Waals surface area contributed by atoms with E-state index in [0.717, 1.165) is 12.8 Å². The second-order valence-corrected chi connectivity index (χ2v) is 3.83. The van der Waals surface area contributed by atoms with E-state index in [1.165, 1.54) is 21.9 Å². The summed E-state index contributed by atoms with van der Waals surface area (Å²) in [6.07, 6.45) is 5.69. The first-order valence-corrected chi connectivity index (χ1v) is 5.52. The molecule has 0 spiro atoms. The van der Waals surface area contributed by atoms with Crippen LogP contribution in [0.3, 0.4) is 0 Å². The van der Waals surface area contributed by atoms with Gasteiger partial charge in [-0.25, -0.2) is 5.90 Å². The summed E-state index contributed by atoms with van der Waals surface area (Å²) >= 11 is 0. The predicted octanol–water partition coefficient (Wildman–Crippen LogP) is 2.23. The fourth-order valence-corrected chi connectivity index (χ4v) is 1.90. The average molecular weight is 216 g/mol. The Labute approximate surface area is 95.2 Å². The Kier molecular flexibility index (Phi) is 3.49. The SMILES string of the molecule is CCc1cncc2cc(CCON)ccc12. The highest BCUT2D eigenvalue weighted by atomic mass is 16.6. The van der Waals surface area contributed by atoms with Crippen molar-refractivity contribution in [3.63, 3.8) is 0 Å². The van der Waals surface area contributed by atoms with Gasteiger partial charge in [0.1, 0.15) is 0 Å². The molecule has 0 unspecified atom stereocenters. The average Bonchev–Trinajstić information content (AvgIpc) is 2.35. The van der Waals surface area contributed by atoms with Crippen LogP contribution in [-0.2, 0) is 17.7 Å². The Morgan fingerprint density at radius 3 is 2.94 bits per heavy atom. The first-order valence-electron chi connectivity index (χ1n) is 5.52. The Morgan fingerprint density at radius 2 is 2.19 bits per heavy atom. The maximum atomic E-state index is 5.02. The number of fused-ring (bicyclic) bond motifs is 1.